The van der Waals surface area contributed by atoms with E-state index in [0.29, 0.717) is 25.1 Å². The smallest absolute Gasteiger partial charge is 0.337 e. The van der Waals surface area contributed by atoms with E-state index in [1.165, 1.54) is 6.07 Å². The van der Waals surface area contributed by atoms with E-state index in [1.807, 2.05) is 22.6 Å². The molecule has 0 fully saturated rings. The molecule has 1 amide bonds. The number of ether oxygens (including phenoxy) is 1. The zero-order chi connectivity index (χ0) is 13.5. The molecule has 0 saturated carbocycles. The molecular weight excluding hydrogens is 349 g/mol. The average Bonchev–Trinajstić information content (AvgIpc) is 2.31. The van der Waals surface area contributed by atoms with E-state index in [2.05, 4.69) is 5.32 Å². The normalized spacial score (nSPS) is 10.1. The summed E-state index contributed by atoms with van der Waals surface area (Å²) in [7, 11) is 1.57. The van der Waals surface area contributed by atoms with Gasteiger partial charge in [-0.25, -0.2) is 4.79 Å². The van der Waals surface area contributed by atoms with E-state index >= 15 is 0 Å². The lowest BCUT2D eigenvalue weighted by Crippen LogP contribution is -2.15. The quantitative estimate of drug-likeness (QED) is 0.601. The Hall–Kier alpha value is -1.15. The van der Waals surface area contributed by atoms with E-state index in [0.717, 1.165) is 3.57 Å². The van der Waals surface area contributed by atoms with Gasteiger partial charge in [0.25, 0.3) is 0 Å². The highest BCUT2D eigenvalue weighted by Crippen LogP contribution is 2.19. The van der Waals surface area contributed by atoms with Crippen LogP contribution in [0.5, 0.6) is 0 Å². The predicted molar refractivity (Wildman–Crippen MR) is 75.9 cm³/mol. The first kappa shape index (κ1) is 14.9. The molecule has 0 aliphatic heterocycles. The molecule has 0 aliphatic rings. The molecule has 0 atom stereocenters. The first-order valence-electron chi connectivity index (χ1n) is 5.36. The second-order valence-electron chi connectivity index (χ2n) is 3.64. The number of carboxylic acid groups (broad SMARTS) is 1. The summed E-state index contributed by atoms with van der Waals surface area (Å²) >= 11 is 2.02. The van der Waals surface area contributed by atoms with Crippen LogP contribution in [0.1, 0.15) is 23.2 Å². The van der Waals surface area contributed by atoms with Crippen LogP contribution < -0.4 is 5.32 Å². The van der Waals surface area contributed by atoms with Crippen molar-refractivity contribution >= 4 is 40.2 Å². The van der Waals surface area contributed by atoms with Gasteiger partial charge in [-0.1, -0.05) is 0 Å². The SMILES string of the molecule is COCCCC(=O)Nc1ccc(I)cc1C(=O)O. The molecule has 1 aromatic carbocycles. The van der Waals surface area contributed by atoms with Crippen molar-refractivity contribution in [3.8, 4) is 0 Å². The molecule has 1 aromatic rings. The average molecular weight is 363 g/mol. The zero-order valence-electron chi connectivity index (χ0n) is 9.90. The summed E-state index contributed by atoms with van der Waals surface area (Å²) in [5.74, 6) is -1.27. The van der Waals surface area contributed by atoms with Crippen LogP contribution in [0.2, 0.25) is 0 Å². The largest absolute Gasteiger partial charge is 0.478 e. The molecule has 5 nitrogen and oxygen atoms in total. The Morgan fingerprint density at radius 2 is 2.17 bits per heavy atom. The number of anilines is 1. The minimum atomic E-state index is -1.05. The maximum absolute atomic E-state index is 11.6. The molecule has 0 saturated heterocycles. The number of benzene rings is 1. The summed E-state index contributed by atoms with van der Waals surface area (Å²) in [6.07, 6.45) is 0.911. The minimum Gasteiger partial charge on any atom is -0.478 e. The van der Waals surface area contributed by atoms with Gasteiger partial charge in [0, 0.05) is 23.7 Å². The molecule has 0 heterocycles. The van der Waals surface area contributed by atoms with Crippen LogP contribution in [0.4, 0.5) is 5.69 Å². The molecule has 18 heavy (non-hydrogen) atoms. The number of halogens is 1. The third-order valence-electron chi connectivity index (χ3n) is 2.24. The van der Waals surface area contributed by atoms with Gasteiger partial charge < -0.3 is 15.2 Å². The molecule has 0 spiro atoms. The molecule has 0 bridgehead atoms. The van der Waals surface area contributed by atoms with E-state index in [1.54, 1.807) is 19.2 Å². The van der Waals surface area contributed by atoms with Gasteiger partial charge in [0.15, 0.2) is 0 Å². The van der Waals surface area contributed by atoms with Crippen molar-refractivity contribution in [2.75, 3.05) is 19.0 Å². The Labute approximate surface area is 119 Å². The number of carbonyl (C=O) groups is 2. The Morgan fingerprint density at radius 1 is 1.44 bits per heavy atom. The van der Waals surface area contributed by atoms with E-state index in [4.69, 9.17) is 9.84 Å². The third kappa shape index (κ3) is 4.61. The number of nitrogens with one attached hydrogen (secondary N) is 1. The van der Waals surface area contributed by atoms with Crippen LogP contribution in [0, 0.1) is 3.57 Å². The molecule has 0 aromatic heterocycles. The van der Waals surface area contributed by atoms with Crippen molar-refractivity contribution in [2.24, 2.45) is 0 Å². The van der Waals surface area contributed by atoms with Crippen molar-refractivity contribution in [1.29, 1.82) is 0 Å². The van der Waals surface area contributed by atoms with Crippen LogP contribution in [0.15, 0.2) is 18.2 Å². The van der Waals surface area contributed by atoms with Crippen LogP contribution in [0.3, 0.4) is 0 Å². The van der Waals surface area contributed by atoms with E-state index in [-0.39, 0.29) is 11.5 Å². The molecule has 6 heteroatoms. The van der Waals surface area contributed by atoms with Crippen molar-refractivity contribution in [1.82, 2.24) is 0 Å². The summed E-state index contributed by atoms with van der Waals surface area (Å²) in [4.78, 5) is 22.6. The number of hydrogen-bond donors (Lipinski definition) is 2. The Balaban J connectivity index is 2.72. The summed E-state index contributed by atoms with van der Waals surface area (Å²) < 4.78 is 5.65. The van der Waals surface area contributed by atoms with Crippen molar-refractivity contribution in [3.05, 3.63) is 27.3 Å². The predicted octanol–water partition coefficient (Wildman–Crippen LogP) is 2.35. The Morgan fingerprint density at radius 3 is 2.78 bits per heavy atom. The fourth-order valence-corrected chi connectivity index (χ4v) is 1.88. The molecule has 0 unspecified atom stereocenters. The number of carboxylic acids is 1. The Bertz CT molecular complexity index is 448. The minimum absolute atomic E-state index is 0.0991. The van der Waals surface area contributed by atoms with E-state index < -0.39 is 5.97 Å². The standard InChI is InChI=1S/C12H14INO4/c1-18-6-2-3-11(15)14-10-5-4-8(13)7-9(10)12(16)17/h4-5,7H,2-3,6H2,1H3,(H,14,15)(H,16,17). The highest BCUT2D eigenvalue weighted by atomic mass is 127. The van der Waals surface area contributed by atoms with E-state index in [9.17, 15) is 9.59 Å². The monoisotopic (exact) mass is 363 g/mol. The first-order chi connectivity index (χ1) is 8.54. The number of carbonyl (C=O) groups excluding carboxylic acids is 1. The van der Waals surface area contributed by atoms with Crippen molar-refractivity contribution in [3.63, 3.8) is 0 Å². The summed E-state index contributed by atoms with van der Waals surface area (Å²) in [5, 5.41) is 11.6. The number of aromatic carboxylic acids is 1. The Kier molecular flexibility index (Phi) is 6.06. The van der Waals surface area contributed by atoms with Crippen LogP contribution in [-0.4, -0.2) is 30.7 Å². The molecule has 0 radical (unpaired) electrons. The number of hydrogen-bond acceptors (Lipinski definition) is 3. The van der Waals surface area contributed by atoms with Gasteiger partial charge in [-0.2, -0.15) is 0 Å². The molecular formula is C12H14INO4. The molecule has 2 N–H and O–H groups in total. The molecule has 0 aliphatic carbocycles. The van der Waals surface area contributed by atoms with Gasteiger partial charge >= 0.3 is 5.97 Å². The summed E-state index contributed by atoms with van der Waals surface area (Å²) in [6, 6.07) is 4.87. The van der Waals surface area contributed by atoms with Gasteiger partial charge in [-0.15, -0.1) is 0 Å². The number of amides is 1. The maximum atomic E-state index is 11.6. The lowest BCUT2D eigenvalue weighted by Gasteiger charge is -2.08. The fraction of sp³-hybridized carbons (Fsp3) is 0.333. The lowest BCUT2D eigenvalue weighted by atomic mass is 10.1. The highest BCUT2D eigenvalue weighted by Gasteiger charge is 2.12. The van der Waals surface area contributed by atoms with Gasteiger partial charge in [0.05, 0.1) is 11.3 Å². The zero-order valence-corrected chi connectivity index (χ0v) is 12.1. The van der Waals surface area contributed by atoms with Crippen molar-refractivity contribution in [2.45, 2.75) is 12.8 Å². The first-order valence-corrected chi connectivity index (χ1v) is 6.44. The fourth-order valence-electron chi connectivity index (χ4n) is 1.39. The van der Waals surface area contributed by atoms with Crippen molar-refractivity contribution < 1.29 is 19.4 Å². The topological polar surface area (TPSA) is 75.6 Å². The number of rotatable bonds is 6. The second kappa shape index (κ2) is 7.32. The summed E-state index contributed by atoms with van der Waals surface area (Å²) in [5.41, 5.74) is 0.423. The van der Waals surface area contributed by atoms with Gasteiger partial charge in [0.1, 0.15) is 0 Å². The highest BCUT2D eigenvalue weighted by molar-refractivity contribution is 14.1. The molecule has 1 rings (SSSR count). The maximum Gasteiger partial charge on any atom is 0.337 e. The number of methoxy groups -OCH3 is 1. The van der Waals surface area contributed by atoms with Gasteiger partial charge in [0.2, 0.25) is 5.91 Å². The summed E-state index contributed by atoms with van der Waals surface area (Å²) in [6.45, 7) is 0.506. The lowest BCUT2D eigenvalue weighted by molar-refractivity contribution is -0.116. The van der Waals surface area contributed by atoms with Gasteiger partial charge in [-0.3, -0.25) is 4.79 Å². The van der Waals surface area contributed by atoms with Crippen LogP contribution >= 0.6 is 22.6 Å². The van der Waals surface area contributed by atoms with Crippen LogP contribution in [0.25, 0.3) is 0 Å². The molecule has 98 valence electrons. The second-order valence-corrected chi connectivity index (χ2v) is 4.89. The van der Waals surface area contributed by atoms with Crippen LogP contribution in [-0.2, 0) is 9.53 Å². The third-order valence-corrected chi connectivity index (χ3v) is 2.91. The van der Waals surface area contributed by atoms with Gasteiger partial charge in [-0.05, 0) is 47.2 Å².